The lowest BCUT2D eigenvalue weighted by atomic mass is 10.1. The van der Waals surface area contributed by atoms with Crippen molar-refractivity contribution in [3.63, 3.8) is 0 Å². The van der Waals surface area contributed by atoms with Crippen molar-refractivity contribution in [1.29, 1.82) is 0 Å². The summed E-state index contributed by atoms with van der Waals surface area (Å²) in [6.07, 6.45) is 0. The predicted molar refractivity (Wildman–Crippen MR) is 53.8 cm³/mol. The number of hydrogen-bond donors (Lipinski definition) is 0. The summed E-state index contributed by atoms with van der Waals surface area (Å²) in [5.74, 6) is 0.552. The molecule has 0 fully saturated rings. The highest BCUT2D eigenvalue weighted by Gasteiger charge is 2.04. The fourth-order valence-corrected chi connectivity index (χ4v) is 1.41. The second-order valence-corrected chi connectivity index (χ2v) is 3.13. The van der Waals surface area contributed by atoms with E-state index in [1.165, 1.54) is 13.2 Å². The van der Waals surface area contributed by atoms with E-state index in [4.69, 9.17) is 9.15 Å². The molecule has 1 heterocycles. The Hall–Kier alpha value is -1.77. The van der Waals surface area contributed by atoms with Crippen LogP contribution in [0.25, 0.3) is 11.0 Å². The zero-order valence-electron chi connectivity index (χ0n) is 8.03. The largest absolute Gasteiger partial charge is 0.496 e. The topological polar surface area (TPSA) is 39.4 Å². The molecule has 0 aliphatic carbocycles. The second-order valence-electron chi connectivity index (χ2n) is 3.13. The molecular formula is C11H10O3. The van der Waals surface area contributed by atoms with E-state index < -0.39 is 0 Å². The first-order valence-electron chi connectivity index (χ1n) is 4.29. The van der Waals surface area contributed by atoms with Gasteiger partial charge in [0.2, 0.25) is 0 Å². The molecule has 1 aromatic carbocycles. The molecule has 0 aliphatic rings. The minimum atomic E-state index is -0.389. The summed E-state index contributed by atoms with van der Waals surface area (Å²) in [5.41, 5.74) is 1.23. The number of benzene rings is 1. The normalized spacial score (nSPS) is 10.4. The summed E-state index contributed by atoms with van der Waals surface area (Å²) < 4.78 is 10.1. The summed E-state index contributed by atoms with van der Waals surface area (Å²) >= 11 is 0. The van der Waals surface area contributed by atoms with Gasteiger partial charge in [-0.3, -0.25) is 0 Å². The quantitative estimate of drug-likeness (QED) is 0.646. The highest BCUT2D eigenvalue weighted by Crippen LogP contribution is 2.23. The average Bonchev–Trinajstić information content (AvgIpc) is 2.15. The highest BCUT2D eigenvalue weighted by molar-refractivity contribution is 5.83. The maximum Gasteiger partial charge on any atom is 0.339 e. The van der Waals surface area contributed by atoms with Gasteiger partial charge in [0.1, 0.15) is 11.3 Å². The molecule has 0 saturated heterocycles. The SMILES string of the molecule is COc1cc(=O)oc2cc(C)ccc12. The Kier molecular flexibility index (Phi) is 2.00. The Balaban J connectivity index is 2.87. The van der Waals surface area contributed by atoms with Gasteiger partial charge in [-0.05, 0) is 24.6 Å². The molecule has 1 aromatic heterocycles. The summed E-state index contributed by atoms with van der Waals surface area (Å²) in [6.45, 7) is 1.94. The van der Waals surface area contributed by atoms with E-state index in [1.807, 2.05) is 25.1 Å². The summed E-state index contributed by atoms with van der Waals surface area (Å²) in [6, 6.07) is 6.99. The minimum absolute atomic E-state index is 0.389. The van der Waals surface area contributed by atoms with Crippen LogP contribution in [0.5, 0.6) is 5.75 Å². The second kappa shape index (κ2) is 3.18. The van der Waals surface area contributed by atoms with Crippen molar-refractivity contribution in [3.05, 3.63) is 40.2 Å². The molecule has 72 valence electrons. The molecule has 2 rings (SSSR count). The van der Waals surface area contributed by atoms with E-state index in [1.54, 1.807) is 0 Å². The van der Waals surface area contributed by atoms with Gasteiger partial charge in [-0.2, -0.15) is 0 Å². The van der Waals surface area contributed by atoms with Gasteiger partial charge >= 0.3 is 5.63 Å². The van der Waals surface area contributed by atoms with Crippen molar-refractivity contribution in [2.45, 2.75) is 6.92 Å². The molecule has 2 aromatic rings. The van der Waals surface area contributed by atoms with Crippen molar-refractivity contribution in [2.24, 2.45) is 0 Å². The molecule has 0 saturated carbocycles. The van der Waals surface area contributed by atoms with Crippen molar-refractivity contribution in [1.82, 2.24) is 0 Å². The molecule has 0 aliphatic heterocycles. The van der Waals surface area contributed by atoms with E-state index in [-0.39, 0.29) is 5.63 Å². The van der Waals surface area contributed by atoms with Crippen molar-refractivity contribution in [2.75, 3.05) is 7.11 Å². The molecule has 3 heteroatoms. The van der Waals surface area contributed by atoms with E-state index in [0.29, 0.717) is 11.3 Å². The van der Waals surface area contributed by atoms with Crippen molar-refractivity contribution in [3.8, 4) is 5.75 Å². The monoisotopic (exact) mass is 190 g/mol. The lowest BCUT2D eigenvalue weighted by Gasteiger charge is -2.03. The average molecular weight is 190 g/mol. The first-order chi connectivity index (χ1) is 6.70. The predicted octanol–water partition coefficient (Wildman–Crippen LogP) is 2.11. The molecule has 0 spiro atoms. The summed E-state index contributed by atoms with van der Waals surface area (Å²) in [5, 5.41) is 0.817. The van der Waals surface area contributed by atoms with Crippen molar-refractivity contribution < 1.29 is 9.15 Å². The van der Waals surface area contributed by atoms with Gasteiger partial charge in [0.15, 0.2) is 0 Å². The lowest BCUT2D eigenvalue weighted by Crippen LogP contribution is -1.98. The van der Waals surface area contributed by atoms with Gasteiger partial charge in [0.25, 0.3) is 0 Å². The molecule has 0 amide bonds. The molecule has 0 N–H and O–H groups in total. The van der Waals surface area contributed by atoms with Crippen LogP contribution in [0.2, 0.25) is 0 Å². The zero-order valence-corrected chi connectivity index (χ0v) is 8.03. The highest BCUT2D eigenvalue weighted by atomic mass is 16.5. The fraction of sp³-hybridized carbons (Fsp3) is 0.182. The molecule has 14 heavy (non-hydrogen) atoms. The zero-order chi connectivity index (χ0) is 10.1. The first-order valence-corrected chi connectivity index (χ1v) is 4.29. The van der Waals surface area contributed by atoms with E-state index >= 15 is 0 Å². The molecule has 0 bridgehead atoms. The Morgan fingerprint density at radius 1 is 1.29 bits per heavy atom. The number of ether oxygens (including phenoxy) is 1. The Bertz CT molecular complexity index is 526. The number of fused-ring (bicyclic) bond motifs is 1. The van der Waals surface area contributed by atoms with Crippen LogP contribution in [-0.2, 0) is 0 Å². The van der Waals surface area contributed by atoms with Crippen LogP contribution in [0.3, 0.4) is 0 Å². The van der Waals surface area contributed by atoms with Crippen molar-refractivity contribution >= 4 is 11.0 Å². The Morgan fingerprint density at radius 2 is 2.07 bits per heavy atom. The minimum Gasteiger partial charge on any atom is -0.496 e. The number of aryl methyl sites for hydroxylation is 1. The van der Waals surface area contributed by atoms with Gasteiger partial charge in [-0.25, -0.2) is 4.79 Å². The molecule has 0 unspecified atom stereocenters. The number of rotatable bonds is 1. The van der Waals surface area contributed by atoms with Crippen LogP contribution >= 0.6 is 0 Å². The number of methoxy groups -OCH3 is 1. The maximum absolute atomic E-state index is 11.1. The van der Waals surface area contributed by atoms with Crippen LogP contribution in [0.15, 0.2) is 33.5 Å². The first kappa shape index (κ1) is 8.81. The molecular weight excluding hydrogens is 180 g/mol. The summed E-state index contributed by atoms with van der Waals surface area (Å²) in [7, 11) is 1.54. The van der Waals surface area contributed by atoms with Crippen LogP contribution < -0.4 is 10.4 Å². The van der Waals surface area contributed by atoms with Gasteiger partial charge in [0, 0.05) is 0 Å². The molecule has 0 atom stereocenters. The standard InChI is InChI=1S/C11H10O3/c1-7-3-4-8-9(13-2)6-11(12)14-10(8)5-7/h3-6H,1-2H3. The third kappa shape index (κ3) is 1.37. The smallest absolute Gasteiger partial charge is 0.339 e. The van der Waals surface area contributed by atoms with Crippen LogP contribution in [0.1, 0.15) is 5.56 Å². The fourth-order valence-electron chi connectivity index (χ4n) is 1.41. The van der Waals surface area contributed by atoms with Crippen LogP contribution in [-0.4, -0.2) is 7.11 Å². The Labute approximate surface area is 80.9 Å². The van der Waals surface area contributed by atoms with E-state index in [2.05, 4.69) is 0 Å². The van der Waals surface area contributed by atoms with Gasteiger partial charge in [-0.1, -0.05) is 6.07 Å². The molecule has 0 radical (unpaired) electrons. The van der Waals surface area contributed by atoms with E-state index in [9.17, 15) is 4.79 Å². The third-order valence-corrected chi connectivity index (χ3v) is 2.08. The van der Waals surface area contributed by atoms with Crippen LogP contribution in [0, 0.1) is 6.92 Å². The summed E-state index contributed by atoms with van der Waals surface area (Å²) in [4.78, 5) is 11.1. The maximum atomic E-state index is 11.1. The number of hydrogen-bond acceptors (Lipinski definition) is 3. The Morgan fingerprint density at radius 3 is 2.79 bits per heavy atom. The lowest BCUT2D eigenvalue weighted by molar-refractivity contribution is 0.413. The van der Waals surface area contributed by atoms with E-state index in [0.717, 1.165) is 10.9 Å². The molecule has 3 nitrogen and oxygen atoms in total. The van der Waals surface area contributed by atoms with Gasteiger partial charge < -0.3 is 9.15 Å². The van der Waals surface area contributed by atoms with Gasteiger partial charge in [0.05, 0.1) is 18.6 Å². The van der Waals surface area contributed by atoms with Gasteiger partial charge in [-0.15, -0.1) is 0 Å². The van der Waals surface area contributed by atoms with Crippen LogP contribution in [0.4, 0.5) is 0 Å². The third-order valence-electron chi connectivity index (χ3n) is 2.08.